The van der Waals surface area contributed by atoms with Crippen LogP contribution in [0.5, 0.6) is 0 Å². The quantitative estimate of drug-likeness (QED) is 0.513. The molecule has 0 saturated heterocycles. The minimum absolute atomic E-state index is 0.0119. The van der Waals surface area contributed by atoms with E-state index in [1.54, 1.807) is 0 Å². The van der Waals surface area contributed by atoms with Gasteiger partial charge in [-0.2, -0.15) is 0 Å². The Morgan fingerprint density at radius 1 is 1.08 bits per heavy atom. The first-order valence-corrected chi connectivity index (χ1v) is 3.05. The molecule has 0 aliphatic heterocycles. The van der Waals surface area contributed by atoms with E-state index in [9.17, 15) is 9.81 Å². The van der Waals surface area contributed by atoms with E-state index in [0.717, 1.165) is 0 Å². The summed E-state index contributed by atoms with van der Waals surface area (Å²) < 4.78 is 0. The summed E-state index contributed by atoms with van der Waals surface area (Å²) in [4.78, 5) is 20.3. The number of nitrogens with two attached hydrogens (primary N) is 2. The molecule has 0 atom stereocenters. The van der Waals surface area contributed by atoms with Gasteiger partial charge in [-0.05, 0) is 22.5 Å². The maximum absolute atomic E-state index is 10.2. The largest absolute Gasteiger partial charge is 0.397 e. The number of benzene rings is 1. The first-order chi connectivity index (χ1) is 5.70. The lowest BCUT2D eigenvalue weighted by Crippen LogP contribution is -1.93. The Morgan fingerprint density at radius 2 is 1.75 bits per heavy atom. The molecule has 62 valence electrons. The van der Waals surface area contributed by atoms with E-state index in [1.165, 1.54) is 12.1 Å². The van der Waals surface area contributed by atoms with E-state index in [2.05, 4.69) is 10.4 Å². The molecule has 0 aromatic heterocycles. The summed E-state index contributed by atoms with van der Waals surface area (Å²) in [5.41, 5.74) is 10.6. The van der Waals surface area contributed by atoms with Crippen LogP contribution >= 0.6 is 0 Å². The lowest BCUT2D eigenvalue weighted by Gasteiger charge is -2.01. The number of rotatable bonds is 2. The van der Waals surface area contributed by atoms with Gasteiger partial charge in [0.2, 0.25) is 0 Å². The van der Waals surface area contributed by atoms with Crippen LogP contribution in [0.15, 0.2) is 22.5 Å². The molecular weight excluding hydrogens is 160 g/mol. The van der Waals surface area contributed by atoms with Gasteiger partial charge in [0.15, 0.2) is 5.69 Å². The van der Waals surface area contributed by atoms with Crippen molar-refractivity contribution in [1.82, 2.24) is 0 Å². The summed E-state index contributed by atoms with van der Waals surface area (Å²) in [6.45, 7) is 0. The molecule has 6 nitrogen and oxygen atoms in total. The van der Waals surface area contributed by atoms with Gasteiger partial charge in [0, 0.05) is 0 Å². The standard InChI is InChI=1S/C6H6N4O2/c7-3-1-2-4(9-11)6(10-12)5(3)8/h1-2H,7-8H2. The molecule has 1 aromatic rings. The van der Waals surface area contributed by atoms with Gasteiger partial charge in [-0.3, -0.25) is 0 Å². The lowest BCUT2D eigenvalue weighted by molar-refractivity contribution is 1.42. The van der Waals surface area contributed by atoms with E-state index in [1.807, 2.05) is 0 Å². The molecule has 6 heteroatoms. The monoisotopic (exact) mass is 166 g/mol. The van der Waals surface area contributed by atoms with E-state index >= 15 is 0 Å². The molecule has 4 N–H and O–H groups in total. The number of nitrogens with zero attached hydrogens (tertiary/aromatic N) is 2. The molecule has 0 saturated carbocycles. The van der Waals surface area contributed by atoms with Crippen LogP contribution in [-0.2, 0) is 0 Å². The van der Waals surface area contributed by atoms with Crippen LogP contribution in [-0.4, -0.2) is 0 Å². The maximum atomic E-state index is 10.2. The van der Waals surface area contributed by atoms with E-state index in [0.29, 0.717) is 0 Å². The topological polar surface area (TPSA) is 111 Å². The SMILES string of the molecule is Nc1ccc(N=O)c(N=O)c1N. The minimum Gasteiger partial charge on any atom is -0.397 e. The van der Waals surface area contributed by atoms with Crippen molar-refractivity contribution in [3.8, 4) is 0 Å². The van der Waals surface area contributed by atoms with Crippen molar-refractivity contribution < 1.29 is 0 Å². The third-order valence-corrected chi connectivity index (χ3v) is 1.42. The van der Waals surface area contributed by atoms with Crippen molar-refractivity contribution in [3.05, 3.63) is 21.9 Å². The van der Waals surface area contributed by atoms with Crippen molar-refractivity contribution in [2.75, 3.05) is 11.5 Å². The second-order valence-corrected chi connectivity index (χ2v) is 2.12. The molecule has 0 aliphatic rings. The highest BCUT2D eigenvalue weighted by Crippen LogP contribution is 2.37. The van der Waals surface area contributed by atoms with Crippen LogP contribution in [0.25, 0.3) is 0 Å². The smallest absolute Gasteiger partial charge is 0.162 e. The Labute approximate surface area is 67.5 Å². The second-order valence-electron chi connectivity index (χ2n) is 2.12. The molecule has 0 unspecified atom stereocenters. The highest BCUT2D eigenvalue weighted by atomic mass is 16.3. The van der Waals surface area contributed by atoms with Gasteiger partial charge in [-0.15, -0.1) is 9.81 Å². The molecule has 0 amide bonds. The Kier molecular flexibility index (Phi) is 2.00. The van der Waals surface area contributed by atoms with E-state index < -0.39 is 0 Å². The van der Waals surface area contributed by atoms with Gasteiger partial charge >= 0.3 is 0 Å². The maximum Gasteiger partial charge on any atom is 0.162 e. The fourth-order valence-electron chi connectivity index (χ4n) is 0.782. The predicted octanol–water partition coefficient (Wildman–Crippen LogP) is 1.65. The average molecular weight is 166 g/mol. The van der Waals surface area contributed by atoms with Crippen molar-refractivity contribution in [2.45, 2.75) is 0 Å². The number of nitroso groups, excluding NO2 is 2. The average Bonchev–Trinajstić information content (AvgIpc) is 2.09. The highest BCUT2D eigenvalue weighted by molar-refractivity contribution is 5.84. The van der Waals surface area contributed by atoms with E-state index in [4.69, 9.17) is 11.5 Å². The number of hydrogen-bond acceptors (Lipinski definition) is 6. The molecule has 0 heterocycles. The zero-order valence-electron chi connectivity index (χ0n) is 6.02. The first kappa shape index (κ1) is 8.12. The third kappa shape index (κ3) is 1.09. The fraction of sp³-hybridized carbons (Fsp3) is 0. The summed E-state index contributed by atoms with van der Waals surface area (Å²) in [6.07, 6.45) is 0. The number of anilines is 2. The van der Waals surface area contributed by atoms with Crippen molar-refractivity contribution in [1.29, 1.82) is 0 Å². The third-order valence-electron chi connectivity index (χ3n) is 1.42. The Bertz CT molecular complexity index is 337. The van der Waals surface area contributed by atoms with Crippen LogP contribution in [0, 0.1) is 9.81 Å². The zero-order valence-corrected chi connectivity index (χ0v) is 6.02. The molecule has 1 aromatic carbocycles. The van der Waals surface area contributed by atoms with Gasteiger partial charge in [0.05, 0.1) is 11.4 Å². The van der Waals surface area contributed by atoms with Crippen molar-refractivity contribution in [2.24, 2.45) is 10.4 Å². The molecule has 0 aliphatic carbocycles. The zero-order chi connectivity index (χ0) is 9.14. The van der Waals surface area contributed by atoms with Gasteiger partial charge in [0.25, 0.3) is 0 Å². The van der Waals surface area contributed by atoms with Gasteiger partial charge in [-0.25, -0.2) is 0 Å². The summed E-state index contributed by atoms with van der Waals surface area (Å²) in [5.74, 6) is 0. The molecule has 0 spiro atoms. The Morgan fingerprint density at radius 3 is 2.25 bits per heavy atom. The molecule has 0 radical (unpaired) electrons. The van der Waals surface area contributed by atoms with Crippen LogP contribution in [0.1, 0.15) is 0 Å². The normalized spacial score (nSPS) is 9.33. The van der Waals surface area contributed by atoms with Crippen molar-refractivity contribution >= 4 is 22.7 Å². The summed E-state index contributed by atoms with van der Waals surface area (Å²) >= 11 is 0. The van der Waals surface area contributed by atoms with Crippen LogP contribution in [0.3, 0.4) is 0 Å². The van der Waals surface area contributed by atoms with Gasteiger partial charge in [0.1, 0.15) is 5.69 Å². The highest BCUT2D eigenvalue weighted by Gasteiger charge is 2.09. The summed E-state index contributed by atoms with van der Waals surface area (Å²) in [6, 6.07) is 2.68. The number of hydrogen-bond donors (Lipinski definition) is 2. The molecular formula is C6H6N4O2. The molecule has 0 fully saturated rings. The predicted molar refractivity (Wildman–Crippen MR) is 46.2 cm³/mol. The first-order valence-electron chi connectivity index (χ1n) is 3.05. The Hall–Kier alpha value is -1.98. The van der Waals surface area contributed by atoms with E-state index in [-0.39, 0.29) is 22.7 Å². The van der Waals surface area contributed by atoms with Crippen molar-refractivity contribution in [3.63, 3.8) is 0 Å². The second kappa shape index (κ2) is 2.95. The van der Waals surface area contributed by atoms with Crippen LogP contribution in [0.2, 0.25) is 0 Å². The lowest BCUT2D eigenvalue weighted by atomic mass is 10.2. The van der Waals surface area contributed by atoms with Crippen LogP contribution in [0.4, 0.5) is 22.7 Å². The van der Waals surface area contributed by atoms with Gasteiger partial charge < -0.3 is 11.5 Å². The van der Waals surface area contributed by atoms with Crippen LogP contribution < -0.4 is 11.5 Å². The Balaban J connectivity index is 3.45. The molecule has 12 heavy (non-hydrogen) atoms. The molecule has 0 bridgehead atoms. The fourth-order valence-corrected chi connectivity index (χ4v) is 0.782. The van der Waals surface area contributed by atoms with Gasteiger partial charge in [-0.1, -0.05) is 0 Å². The summed E-state index contributed by atoms with van der Waals surface area (Å²) in [7, 11) is 0. The molecule has 1 rings (SSSR count). The number of nitrogen functional groups attached to an aromatic ring is 2. The summed E-state index contributed by atoms with van der Waals surface area (Å²) in [5, 5.41) is 5.12. The minimum atomic E-state index is -0.204.